The van der Waals surface area contributed by atoms with Crippen LogP contribution in [0.15, 0.2) is 12.1 Å². The van der Waals surface area contributed by atoms with Crippen LogP contribution in [0.5, 0.6) is 0 Å². The van der Waals surface area contributed by atoms with Crippen molar-refractivity contribution < 1.29 is 9.72 Å². The largest absolute Gasteiger partial charge is 0.350 e. The normalized spacial score (nSPS) is 9.79. The number of hydrogen-bond donors (Lipinski definition) is 1. The van der Waals surface area contributed by atoms with Crippen LogP contribution in [0.25, 0.3) is 0 Å². The van der Waals surface area contributed by atoms with Crippen LogP contribution < -0.4 is 5.32 Å². The lowest BCUT2D eigenvalue weighted by Gasteiger charge is -1.97. The molecule has 0 unspecified atom stereocenters. The van der Waals surface area contributed by atoms with Crippen LogP contribution in [0.3, 0.4) is 0 Å². The number of carbonyl (C=O) groups is 1. The van der Waals surface area contributed by atoms with E-state index in [0.29, 0.717) is 17.3 Å². The number of rotatable bonds is 4. The van der Waals surface area contributed by atoms with E-state index in [1.165, 1.54) is 12.1 Å². The van der Waals surface area contributed by atoms with Gasteiger partial charge in [0.05, 0.1) is 9.80 Å². The van der Waals surface area contributed by atoms with Crippen LogP contribution in [0.2, 0.25) is 0 Å². The first kappa shape index (κ1) is 10.9. The Bertz CT molecular complexity index is 352. The zero-order valence-corrected chi connectivity index (χ0v) is 8.60. The van der Waals surface area contributed by atoms with Gasteiger partial charge in [-0.25, -0.2) is 0 Å². The van der Waals surface area contributed by atoms with Gasteiger partial charge in [0.2, 0.25) is 0 Å². The molecule has 0 saturated carbocycles. The maximum absolute atomic E-state index is 11.3. The molecule has 1 heterocycles. The molecular weight excluding hydrogens is 228 g/mol. The van der Waals surface area contributed by atoms with Gasteiger partial charge in [0.25, 0.3) is 5.91 Å². The van der Waals surface area contributed by atoms with Crippen molar-refractivity contribution in [3.05, 3.63) is 27.1 Å². The zero-order chi connectivity index (χ0) is 10.6. The third kappa shape index (κ3) is 2.68. The number of halogens is 1. The first-order valence-corrected chi connectivity index (χ1v) is 5.08. The third-order valence-corrected chi connectivity index (χ3v) is 2.60. The van der Waals surface area contributed by atoms with Crippen molar-refractivity contribution in [2.24, 2.45) is 0 Å². The molecule has 0 aliphatic heterocycles. The molecule has 0 saturated heterocycles. The predicted octanol–water partition coefficient (Wildman–Crippen LogP) is 1.62. The summed E-state index contributed by atoms with van der Waals surface area (Å²) in [5, 5.41) is 12.8. The fraction of sp³-hybridized carbons (Fsp3) is 0.286. The first-order valence-electron chi connectivity index (χ1n) is 3.73. The number of hydrogen-bond acceptors (Lipinski definition) is 4. The molecule has 0 radical (unpaired) electrons. The quantitative estimate of drug-likeness (QED) is 0.489. The molecule has 0 aliphatic rings. The Morgan fingerprint density at radius 3 is 2.86 bits per heavy atom. The summed E-state index contributed by atoms with van der Waals surface area (Å²) in [6.45, 7) is 0.353. The minimum Gasteiger partial charge on any atom is -0.350 e. The van der Waals surface area contributed by atoms with Gasteiger partial charge in [0.15, 0.2) is 0 Å². The topological polar surface area (TPSA) is 72.2 Å². The van der Waals surface area contributed by atoms with Crippen molar-refractivity contribution in [1.82, 2.24) is 5.32 Å². The van der Waals surface area contributed by atoms with Crippen LogP contribution in [0.4, 0.5) is 5.00 Å². The van der Waals surface area contributed by atoms with Gasteiger partial charge < -0.3 is 5.32 Å². The molecule has 0 fully saturated rings. The van der Waals surface area contributed by atoms with Crippen LogP contribution in [0, 0.1) is 10.1 Å². The third-order valence-electron chi connectivity index (χ3n) is 1.38. The number of carbonyl (C=O) groups excluding carboxylic acids is 1. The van der Waals surface area contributed by atoms with Gasteiger partial charge in [-0.15, -0.1) is 11.6 Å². The Hall–Kier alpha value is -1.14. The highest BCUT2D eigenvalue weighted by Crippen LogP contribution is 2.23. The number of thiophene rings is 1. The van der Waals surface area contributed by atoms with Gasteiger partial charge in [-0.2, -0.15) is 0 Å². The molecule has 1 aromatic heterocycles. The lowest BCUT2D eigenvalue weighted by Crippen LogP contribution is -2.24. The molecule has 5 nitrogen and oxygen atoms in total. The Balaban J connectivity index is 2.66. The predicted molar refractivity (Wildman–Crippen MR) is 54.0 cm³/mol. The second kappa shape index (κ2) is 4.92. The van der Waals surface area contributed by atoms with E-state index in [1.54, 1.807) is 0 Å². The van der Waals surface area contributed by atoms with E-state index in [-0.39, 0.29) is 10.9 Å². The van der Waals surface area contributed by atoms with Crippen molar-refractivity contribution in [1.29, 1.82) is 0 Å². The lowest BCUT2D eigenvalue weighted by atomic mass is 10.4. The Morgan fingerprint density at radius 1 is 1.64 bits per heavy atom. The summed E-state index contributed by atoms with van der Waals surface area (Å²) in [5.74, 6) is -0.0112. The van der Waals surface area contributed by atoms with E-state index in [4.69, 9.17) is 11.6 Å². The summed E-state index contributed by atoms with van der Waals surface area (Å²) in [6.07, 6.45) is 0. The van der Waals surface area contributed by atoms with Gasteiger partial charge in [-0.3, -0.25) is 14.9 Å². The van der Waals surface area contributed by atoms with E-state index < -0.39 is 4.92 Å². The number of nitrogens with one attached hydrogen (secondary N) is 1. The molecule has 0 aliphatic carbocycles. The average Bonchev–Trinajstić information content (AvgIpc) is 2.62. The minimum absolute atomic E-state index is 0.0407. The molecule has 14 heavy (non-hydrogen) atoms. The van der Waals surface area contributed by atoms with Gasteiger partial charge in [0, 0.05) is 18.5 Å². The molecule has 1 amide bonds. The van der Waals surface area contributed by atoms with Crippen molar-refractivity contribution >= 4 is 33.8 Å². The summed E-state index contributed by atoms with van der Waals surface area (Å²) in [4.78, 5) is 21.4. The number of nitrogens with zero attached hydrogens (tertiary/aromatic N) is 1. The lowest BCUT2D eigenvalue weighted by molar-refractivity contribution is -0.380. The molecule has 0 spiro atoms. The summed E-state index contributed by atoms with van der Waals surface area (Å²) in [7, 11) is 0. The highest BCUT2D eigenvalue weighted by Gasteiger charge is 2.14. The molecular formula is C7H7ClN2O3S. The second-order valence-corrected chi connectivity index (χ2v) is 3.78. The fourth-order valence-corrected chi connectivity index (χ4v) is 1.63. The van der Waals surface area contributed by atoms with Crippen molar-refractivity contribution in [3.8, 4) is 0 Å². The van der Waals surface area contributed by atoms with E-state index in [0.717, 1.165) is 11.3 Å². The van der Waals surface area contributed by atoms with E-state index >= 15 is 0 Å². The van der Waals surface area contributed by atoms with E-state index in [9.17, 15) is 14.9 Å². The van der Waals surface area contributed by atoms with Crippen LogP contribution >= 0.6 is 22.9 Å². The highest BCUT2D eigenvalue weighted by molar-refractivity contribution is 7.17. The van der Waals surface area contributed by atoms with Crippen molar-refractivity contribution in [2.45, 2.75) is 0 Å². The number of alkyl halides is 1. The monoisotopic (exact) mass is 234 g/mol. The zero-order valence-electron chi connectivity index (χ0n) is 7.03. The van der Waals surface area contributed by atoms with E-state index in [2.05, 4.69) is 5.32 Å². The molecule has 76 valence electrons. The average molecular weight is 235 g/mol. The molecule has 1 rings (SSSR count). The minimum atomic E-state index is -0.525. The summed E-state index contributed by atoms with van der Waals surface area (Å²) >= 11 is 6.21. The van der Waals surface area contributed by atoms with Gasteiger partial charge >= 0.3 is 5.00 Å². The van der Waals surface area contributed by atoms with Crippen molar-refractivity contribution in [2.75, 3.05) is 12.4 Å². The molecule has 1 aromatic rings. The van der Waals surface area contributed by atoms with Crippen molar-refractivity contribution in [3.63, 3.8) is 0 Å². The maximum atomic E-state index is 11.3. The molecule has 0 bridgehead atoms. The number of amides is 1. The van der Waals surface area contributed by atoms with Gasteiger partial charge in [-0.05, 0) is 6.07 Å². The molecule has 0 atom stereocenters. The Morgan fingerprint density at radius 2 is 2.36 bits per heavy atom. The van der Waals surface area contributed by atoms with Crippen LogP contribution in [0.1, 0.15) is 9.67 Å². The summed E-state index contributed by atoms with van der Waals surface area (Å²) in [5.41, 5.74) is 0. The molecule has 1 N–H and O–H groups in total. The van der Waals surface area contributed by atoms with Gasteiger partial charge in [-0.1, -0.05) is 11.3 Å². The first-order chi connectivity index (χ1) is 6.65. The molecule has 7 heteroatoms. The fourth-order valence-electron chi connectivity index (χ4n) is 0.796. The summed E-state index contributed by atoms with van der Waals surface area (Å²) < 4.78 is 0. The second-order valence-electron chi connectivity index (χ2n) is 2.34. The standard InChI is InChI=1S/C7H7ClN2O3S/c8-3-4-9-7(11)5-1-2-6(14-5)10(12)13/h1-2H,3-4H2,(H,9,11). The summed E-state index contributed by atoms with van der Waals surface area (Å²) in [6, 6.07) is 2.73. The SMILES string of the molecule is O=C(NCCCl)c1ccc([N+](=O)[O-])s1. The molecule has 0 aromatic carbocycles. The Labute approximate surface area is 88.8 Å². The van der Waals surface area contributed by atoms with E-state index in [1.807, 2.05) is 0 Å². The van der Waals surface area contributed by atoms with Gasteiger partial charge in [0.1, 0.15) is 0 Å². The highest BCUT2D eigenvalue weighted by atomic mass is 35.5. The smallest absolute Gasteiger partial charge is 0.324 e. The van der Waals surface area contributed by atoms with Crippen LogP contribution in [-0.2, 0) is 0 Å². The Kier molecular flexibility index (Phi) is 3.84. The maximum Gasteiger partial charge on any atom is 0.324 e. The number of nitro groups is 1. The van der Waals surface area contributed by atoms with Crippen LogP contribution in [-0.4, -0.2) is 23.3 Å².